The summed E-state index contributed by atoms with van der Waals surface area (Å²) in [5.74, 6) is 5.80. The van der Waals surface area contributed by atoms with Gasteiger partial charge in [0.05, 0.1) is 0 Å². The van der Waals surface area contributed by atoms with E-state index in [-0.39, 0.29) is 11.5 Å². The van der Waals surface area contributed by atoms with Crippen molar-refractivity contribution in [2.45, 2.75) is 31.7 Å². The molecule has 2 aromatic carbocycles. The summed E-state index contributed by atoms with van der Waals surface area (Å²) < 4.78 is 0. The van der Waals surface area contributed by atoms with Gasteiger partial charge in [0.1, 0.15) is 0 Å². The van der Waals surface area contributed by atoms with Crippen molar-refractivity contribution in [1.29, 1.82) is 0 Å². The van der Waals surface area contributed by atoms with Crippen LogP contribution < -0.4 is 11.3 Å². The van der Waals surface area contributed by atoms with E-state index >= 15 is 0 Å². The van der Waals surface area contributed by atoms with Crippen LogP contribution in [0.1, 0.15) is 25.0 Å². The lowest BCUT2D eigenvalue weighted by atomic mass is 9.75. The average Bonchev–Trinajstić information content (AvgIpc) is 2.47. The van der Waals surface area contributed by atoms with Crippen LogP contribution in [0.15, 0.2) is 48.5 Å². The predicted octanol–water partition coefficient (Wildman–Crippen LogP) is 4.35. The summed E-state index contributed by atoms with van der Waals surface area (Å²) in [6.07, 6.45) is 0.731. The number of halogens is 2. The Kier molecular flexibility index (Phi) is 5.28. The van der Waals surface area contributed by atoms with Gasteiger partial charge in [-0.3, -0.25) is 11.3 Å². The van der Waals surface area contributed by atoms with E-state index in [2.05, 4.69) is 31.4 Å². The summed E-state index contributed by atoms with van der Waals surface area (Å²) in [7, 11) is 0. The molecule has 2 nitrogen and oxygen atoms in total. The number of hydrazine groups is 1. The quantitative estimate of drug-likeness (QED) is 0.634. The lowest BCUT2D eigenvalue weighted by Crippen LogP contribution is -2.49. The minimum atomic E-state index is -0.126. The molecule has 0 amide bonds. The fourth-order valence-electron chi connectivity index (χ4n) is 2.50. The first-order valence-electron chi connectivity index (χ1n) is 6.90. The first-order valence-corrected chi connectivity index (χ1v) is 7.66. The number of hydrogen-bond acceptors (Lipinski definition) is 2. The lowest BCUT2D eigenvalue weighted by molar-refractivity contribution is 0.342. The van der Waals surface area contributed by atoms with Crippen molar-refractivity contribution in [3.05, 3.63) is 69.7 Å². The highest BCUT2D eigenvalue weighted by Gasteiger charge is 2.31. The van der Waals surface area contributed by atoms with Crippen molar-refractivity contribution >= 4 is 23.2 Å². The second kappa shape index (κ2) is 6.80. The summed E-state index contributed by atoms with van der Waals surface area (Å²) in [6.45, 7) is 4.35. The number of benzene rings is 2. The number of hydrogen-bond donors (Lipinski definition) is 2. The summed E-state index contributed by atoms with van der Waals surface area (Å²) in [6, 6.07) is 16.0. The molecular weight excluding hydrogens is 303 g/mol. The highest BCUT2D eigenvalue weighted by molar-refractivity contribution is 6.35. The maximum Gasteiger partial charge on any atom is 0.0453 e. The first kappa shape index (κ1) is 16.3. The zero-order valence-electron chi connectivity index (χ0n) is 12.2. The van der Waals surface area contributed by atoms with E-state index in [4.69, 9.17) is 29.0 Å². The fourth-order valence-corrected chi connectivity index (χ4v) is 2.98. The van der Waals surface area contributed by atoms with Gasteiger partial charge in [-0.2, -0.15) is 0 Å². The van der Waals surface area contributed by atoms with Crippen molar-refractivity contribution in [2.75, 3.05) is 0 Å². The first-order chi connectivity index (χ1) is 9.95. The smallest absolute Gasteiger partial charge is 0.0453 e. The van der Waals surface area contributed by atoms with Gasteiger partial charge in [-0.05, 0) is 29.7 Å². The molecule has 0 aliphatic heterocycles. The van der Waals surface area contributed by atoms with E-state index in [1.165, 1.54) is 5.56 Å². The minimum absolute atomic E-state index is 0.0542. The van der Waals surface area contributed by atoms with Gasteiger partial charge in [-0.25, -0.2) is 0 Å². The van der Waals surface area contributed by atoms with Crippen LogP contribution in [-0.4, -0.2) is 6.04 Å². The van der Waals surface area contributed by atoms with Crippen molar-refractivity contribution in [3.8, 4) is 0 Å². The van der Waals surface area contributed by atoms with Gasteiger partial charge in [0.2, 0.25) is 0 Å². The molecule has 0 saturated heterocycles. The summed E-state index contributed by atoms with van der Waals surface area (Å²) >= 11 is 12.2. The average molecular weight is 323 g/mol. The van der Waals surface area contributed by atoms with Gasteiger partial charge in [0, 0.05) is 21.5 Å². The van der Waals surface area contributed by atoms with E-state index in [0.29, 0.717) is 10.0 Å². The molecule has 0 saturated carbocycles. The monoisotopic (exact) mass is 322 g/mol. The zero-order valence-corrected chi connectivity index (χ0v) is 13.7. The fraction of sp³-hybridized carbons (Fsp3) is 0.294. The molecule has 0 fully saturated rings. The molecule has 0 radical (unpaired) electrons. The number of nitrogens with two attached hydrogens (primary N) is 1. The van der Waals surface area contributed by atoms with Crippen LogP contribution in [0.25, 0.3) is 0 Å². The number of nitrogens with one attached hydrogen (secondary N) is 1. The van der Waals surface area contributed by atoms with Gasteiger partial charge in [-0.15, -0.1) is 0 Å². The Hall–Kier alpha value is -1.06. The van der Waals surface area contributed by atoms with Crippen LogP contribution in [0.4, 0.5) is 0 Å². The molecule has 0 aliphatic carbocycles. The highest BCUT2D eigenvalue weighted by atomic mass is 35.5. The largest absolute Gasteiger partial charge is 0.271 e. The molecule has 21 heavy (non-hydrogen) atoms. The third-order valence-electron chi connectivity index (χ3n) is 4.03. The second-order valence-electron chi connectivity index (χ2n) is 5.75. The van der Waals surface area contributed by atoms with Crippen LogP contribution in [0.5, 0.6) is 0 Å². The SMILES string of the molecule is CC(C)(c1ccccc1)C(Cc1ccc(Cl)cc1Cl)NN. The van der Waals surface area contributed by atoms with Crippen LogP contribution in [-0.2, 0) is 11.8 Å². The maximum atomic E-state index is 6.27. The summed E-state index contributed by atoms with van der Waals surface area (Å²) in [5, 5.41) is 1.31. The van der Waals surface area contributed by atoms with Crippen molar-refractivity contribution < 1.29 is 0 Å². The second-order valence-corrected chi connectivity index (χ2v) is 6.59. The van der Waals surface area contributed by atoms with Crippen LogP contribution in [0.3, 0.4) is 0 Å². The van der Waals surface area contributed by atoms with Gasteiger partial charge in [0.25, 0.3) is 0 Å². The van der Waals surface area contributed by atoms with E-state index in [0.717, 1.165) is 12.0 Å². The molecule has 0 bridgehead atoms. The molecule has 0 spiro atoms. The predicted molar refractivity (Wildman–Crippen MR) is 90.7 cm³/mol. The van der Waals surface area contributed by atoms with Crippen LogP contribution >= 0.6 is 23.2 Å². The molecular formula is C17H20Cl2N2. The summed E-state index contributed by atoms with van der Waals surface area (Å²) in [5.41, 5.74) is 5.08. The van der Waals surface area contributed by atoms with Crippen LogP contribution in [0, 0.1) is 0 Å². The van der Waals surface area contributed by atoms with Crippen LogP contribution in [0.2, 0.25) is 10.0 Å². The summed E-state index contributed by atoms with van der Waals surface area (Å²) in [4.78, 5) is 0. The van der Waals surface area contributed by atoms with Gasteiger partial charge < -0.3 is 0 Å². The molecule has 2 aromatic rings. The Morgan fingerprint density at radius 2 is 1.76 bits per heavy atom. The third kappa shape index (κ3) is 3.78. The van der Waals surface area contributed by atoms with Crippen molar-refractivity contribution in [3.63, 3.8) is 0 Å². The molecule has 2 rings (SSSR count). The van der Waals surface area contributed by atoms with E-state index in [1.807, 2.05) is 30.3 Å². The Morgan fingerprint density at radius 1 is 1.10 bits per heavy atom. The van der Waals surface area contributed by atoms with E-state index < -0.39 is 0 Å². The molecule has 0 aliphatic rings. The Labute approximate surface area is 136 Å². The number of rotatable bonds is 5. The standard InChI is InChI=1S/C17H20Cl2N2/c1-17(2,13-6-4-3-5-7-13)16(21-20)10-12-8-9-14(18)11-15(12)19/h3-9,11,16,21H,10,20H2,1-2H3. The minimum Gasteiger partial charge on any atom is -0.271 e. The maximum absolute atomic E-state index is 6.27. The molecule has 3 N–H and O–H groups in total. The van der Waals surface area contributed by atoms with E-state index in [9.17, 15) is 0 Å². The molecule has 112 valence electrons. The molecule has 0 heterocycles. The van der Waals surface area contributed by atoms with Crippen molar-refractivity contribution in [1.82, 2.24) is 5.43 Å². The highest BCUT2D eigenvalue weighted by Crippen LogP contribution is 2.31. The molecule has 4 heteroatoms. The van der Waals surface area contributed by atoms with Gasteiger partial charge in [0.15, 0.2) is 0 Å². The normalized spacial score (nSPS) is 13.2. The Morgan fingerprint density at radius 3 is 2.33 bits per heavy atom. The Balaban J connectivity index is 2.27. The van der Waals surface area contributed by atoms with Crippen molar-refractivity contribution in [2.24, 2.45) is 5.84 Å². The zero-order chi connectivity index (χ0) is 15.5. The molecule has 0 aromatic heterocycles. The van der Waals surface area contributed by atoms with Gasteiger partial charge >= 0.3 is 0 Å². The molecule has 1 unspecified atom stereocenters. The Bertz CT molecular complexity index is 597. The lowest BCUT2D eigenvalue weighted by Gasteiger charge is -2.35. The van der Waals surface area contributed by atoms with Gasteiger partial charge in [-0.1, -0.05) is 73.4 Å². The molecule has 1 atom stereocenters. The van der Waals surface area contributed by atoms with E-state index in [1.54, 1.807) is 6.07 Å². The third-order valence-corrected chi connectivity index (χ3v) is 4.62. The topological polar surface area (TPSA) is 38.0 Å².